The summed E-state index contributed by atoms with van der Waals surface area (Å²) in [7, 11) is 0. The fraction of sp³-hybridized carbons (Fsp3) is 0.571. The molecular formula is C14H18BrNO3. The lowest BCUT2D eigenvalue weighted by atomic mass is 10.0. The summed E-state index contributed by atoms with van der Waals surface area (Å²) in [6.45, 7) is 1.65. The zero-order valence-electron chi connectivity index (χ0n) is 10.7. The van der Waals surface area contributed by atoms with Gasteiger partial charge in [-0.3, -0.25) is 0 Å². The molecule has 0 unspecified atom stereocenters. The van der Waals surface area contributed by atoms with Gasteiger partial charge in [0.15, 0.2) is 11.5 Å². The molecule has 2 N–H and O–H groups in total. The SMILES string of the molecule is OC1(CNCc2cc(Br)c3c(c2)OCO3)CCCC1. The van der Waals surface area contributed by atoms with Crippen LogP contribution in [0.2, 0.25) is 0 Å². The number of aliphatic hydroxyl groups is 1. The van der Waals surface area contributed by atoms with Crippen LogP contribution in [0.25, 0.3) is 0 Å². The Morgan fingerprint density at radius 3 is 2.84 bits per heavy atom. The van der Waals surface area contributed by atoms with E-state index in [2.05, 4.69) is 21.2 Å². The van der Waals surface area contributed by atoms with Gasteiger partial charge in [-0.1, -0.05) is 12.8 Å². The highest BCUT2D eigenvalue weighted by molar-refractivity contribution is 9.10. The van der Waals surface area contributed by atoms with Crippen LogP contribution in [0.5, 0.6) is 11.5 Å². The summed E-state index contributed by atoms with van der Waals surface area (Å²) in [6.07, 6.45) is 4.08. The average Bonchev–Trinajstić information content (AvgIpc) is 2.98. The van der Waals surface area contributed by atoms with Crippen LogP contribution in [0, 0.1) is 0 Å². The quantitative estimate of drug-likeness (QED) is 0.892. The van der Waals surface area contributed by atoms with Crippen molar-refractivity contribution in [2.45, 2.75) is 37.8 Å². The van der Waals surface area contributed by atoms with Gasteiger partial charge < -0.3 is 19.9 Å². The fourth-order valence-electron chi connectivity index (χ4n) is 2.77. The van der Waals surface area contributed by atoms with Crippen LogP contribution in [-0.4, -0.2) is 24.0 Å². The predicted molar refractivity (Wildman–Crippen MR) is 75.4 cm³/mol. The van der Waals surface area contributed by atoms with E-state index < -0.39 is 5.60 Å². The van der Waals surface area contributed by atoms with Crippen LogP contribution < -0.4 is 14.8 Å². The minimum absolute atomic E-state index is 0.282. The van der Waals surface area contributed by atoms with Crippen LogP contribution in [0.3, 0.4) is 0 Å². The van der Waals surface area contributed by atoms with Gasteiger partial charge in [-0.2, -0.15) is 0 Å². The number of nitrogens with one attached hydrogen (secondary N) is 1. The third kappa shape index (κ3) is 2.88. The molecular weight excluding hydrogens is 310 g/mol. The largest absolute Gasteiger partial charge is 0.454 e. The number of fused-ring (bicyclic) bond motifs is 1. The summed E-state index contributed by atoms with van der Waals surface area (Å²) in [5.74, 6) is 1.56. The van der Waals surface area contributed by atoms with E-state index >= 15 is 0 Å². The molecule has 1 heterocycles. The van der Waals surface area contributed by atoms with Crippen LogP contribution in [0.15, 0.2) is 16.6 Å². The van der Waals surface area contributed by atoms with Gasteiger partial charge in [-0.05, 0) is 46.5 Å². The highest BCUT2D eigenvalue weighted by Gasteiger charge is 2.30. The van der Waals surface area contributed by atoms with Crippen molar-refractivity contribution in [1.29, 1.82) is 0 Å². The van der Waals surface area contributed by atoms with E-state index in [-0.39, 0.29) is 6.79 Å². The first-order valence-electron chi connectivity index (χ1n) is 6.67. The van der Waals surface area contributed by atoms with Gasteiger partial charge in [0.25, 0.3) is 0 Å². The summed E-state index contributed by atoms with van der Waals surface area (Å²) in [5.41, 5.74) is 0.617. The van der Waals surface area contributed by atoms with Crippen molar-refractivity contribution in [2.24, 2.45) is 0 Å². The van der Waals surface area contributed by atoms with Crippen molar-refractivity contribution in [2.75, 3.05) is 13.3 Å². The number of hydrogen-bond donors (Lipinski definition) is 2. The average molecular weight is 328 g/mol. The first-order chi connectivity index (χ1) is 9.16. The molecule has 4 nitrogen and oxygen atoms in total. The van der Waals surface area contributed by atoms with E-state index in [0.717, 1.165) is 53.8 Å². The normalized spacial score (nSPS) is 19.9. The molecule has 0 atom stereocenters. The van der Waals surface area contributed by atoms with Gasteiger partial charge in [0.1, 0.15) is 0 Å². The molecule has 0 radical (unpaired) electrons. The number of benzene rings is 1. The molecule has 1 aliphatic heterocycles. The minimum atomic E-state index is -0.506. The molecule has 1 aromatic carbocycles. The van der Waals surface area contributed by atoms with Gasteiger partial charge in [-0.25, -0.2) is 0 Å². The number of ether oxygens (including phenoxy) is 2. The maximum absolute atomic E-state index is 10.3. The van der Waals surface area contributed by atoms with E-state index in [1.54, 1.807) is 0 Å². The Morgan fingerprint density at radius 1 is 1.26 bits per heavy atom. The summed E-state index contributed by atoms with van der Waals surface area (Å²) in [5, 5.41) is 13.6. The second-order valence-electron chi connectivity index (χ2n) is 5.35. The Kier molecular flexibility index (Phi) is 3.69. The molecule has 2 aliphatic rings. The minimum Gasteiger partial charge on any atom is -0.454 e. The lowest BCUT2D eigenvalue weighted by Gasteiger charge is -2.22. The molecule has 1 aliphatic carbocycles. The smallest absolute Gasteiger partial charge is 0.231 e. The van der Waals surface area contributed by atoms with Gasteiger partial charge >= 0.3 is 0 Å². The van der Waals surface area contributed by atoms with Gasteiger partial charge in [-0.15, -0.1) is 0 Å². The van der Waals surface area contributed by atoms with E-state index in [9.17, 15) is 5.11 Å². The van der Waals surface area contributed by atoms with Crippen molar-refractivity contribution in [3.8, 4) is 11.5 Å². The molecule has 0 aromatic heterocycles. The van der Waals surface area contributed by atoms with E-state index in [0.29, 0.717) is 6.54 Å². The molecule has 1 saturated carbocycles. The first kappa shape index (κ1) is 13.2. The van der Waals surface area contributed by atoms with Crippen molar-refractivity contribution < 1.29 is 14.6 Å². The second-order valence-corrected chi connectivity index (χ2v) is 6.20. The lowest BCUT2D eigenvalue weighted by Crippen LogP contribution is -2.37. The lowest BCUT2D eigenvalue weighted by molar-refractivity contribution is 0.0475. The van der Waals surface area contributed by atoms with Crippen molar-refractivity contribution in [1.82, 2.24) is 5.32 Å². The molecule has 3 rings (SSSR count). The Bertz CT molecular complexity index is 472. The molecule has 0 bridgehead atoms. The first-order valence-corrected chi connectivity index (χ1v) is 7.47. The third-order valence-corrected chi connectivity index (χ3v) is 4.39. The van der Waals surface area contributed by atoms with Crippen molar-refractivity contribution in [3.63, 3.8) is 0 Å². The highest BCUT2D eigenvalue weighted by Crippen LogP contribution is 2.40. The Labute approximate surface area is 121 Å². The van der Waals surface area contributed by atoms with Crippen molar-refractivity contribution >= 4 is 15.9 Å². The molecule has 0 amide bonds. The zero-order chi connectivity index (χ0) is 13.3. The molecule has 1 fully saturated rings. The molecule has 0 saturated heterocycles. The van der Waals surface area contributed by atoms with Crippen LogP contribution in [0.1, 0.15) is 31.2 Å². The van der Waals surface area contributed by atoms with E-state index in [4.69, 9.17) is 9.47 Å². The number of halogens is 1. The third-order valence-electron chi connectivity index (χ3n) is 3.80. The Hall–Kier alpha value is -0.780. The summed E-state index contributed by atoms with van der Waals surface area (Å²) < 4.78 is 11.7. The molecule has 5 heteroatoms. The topological polar surface area (TPSA) is 50.7 Å². The maximum Gasteiger partial charge on any atom is 0.231 e. The summed E-state index contributed by atoms with van der Waals surface area (Å²) in [4.78, 5) is 0. The van der Waals surface area contributed by atoms with Crippen LogP contribution >= 0.6 is 15.9 Å². The summed E-state index contributed by atoms with van der Waals surface area (Å²) in [6, 6.07) is 4.01. The predicted octanol–water partition coefficient (Wildman–Crippen LogP) is 2.57. The number of hydrogen-bond acceptors (Lipinski definition) is 4. The standard InChI is InChI=1S/C14H18BrNO3/c15-11-5-10(6-12-13(11)19-9-18-12)7-16-8-14(17)3-1-2-4-14/h5-6,16-17H,1-4,7-9H2. The van der Waals surface area contributed by atoms with Gasteiger partial charge in [0.05, 0.1) is 10.1 Å². The number of rotatable bonds is 4. The molecule has 19 heavy (non-hydrogen) atoms. The Balaban J connectivity index is 1.60. The van der Waals surface area contributed by atoms with E-state index in [1.807, 2.05) is 12.1 Å². The maximum atomic E-state index is 10.3. The van der Waals surface area contributed by atoms with Gasteiger partial charge in [0.2, 0.25) is 6.79 Å². The molecule has 0 spiro atoms. The van der Waals surface area contributed by atoms with Crippen LogP contribution in [0.4, 0.5) is 0 Å². The Morgan fingerprint density at radius 2 is 2.05 bits per heavy atom. The van der Waals surface area contributed by atoms with E-state index in [1.165, 1.54) is 0 Å². The molecule has 104 valence electrons. The summed E-state index contributed by atoms with van der Waals surface area (Å²) >= 11 is 3.48. The monoisotopic (exact) mass is 327 g/mol. The van der Waals surface area contributed by atoms with Crippen molar-refractivity contribution in [3.05, 3.63) is 22.2 Å². The highest BCUT2D eigenvalue weighted by atomic mass is 79.9. The van der Waals surface area contributed by atoms with Crippen LogP contribution in [-0.2, 0) is 6.54 Å². The molecule has 1 aromatic rings. The second kappa shape index (κ2) is 5.31. The fourth-order valence-corrected chi connectivity index (χ4v) is 3.38. The van der Waals surface area contributed by atoms with Gasteiger partial charge in [0, 0.05) is 13.1 Å². The zero-order valence-corrected chi connectivity index (χ0v) is 12.3.